The second kappa shape index (κ2) is 13.0. The van der Waals surface area contributed by atoms with Crippen molar-refractivity contribution in [2.24, 2.45) is 11.8 Å². The Kier molecular flexibility index (Phi) is 9.82. The molecule has 0 saturated heterocycles. The largest absolute Gasteiger partial charge is 0.446 e. The molecule has 0 fully saturated rings. The molecule has 1 aliphatic heterocycles. The predicted molar refractivity (Wildman–Crippen MR) is 137 cm³/mol. The highest BCUT2D eigenvalue weighted by Crippen LogP contribution is 2.20. The van der Waals surface area contributed by atoms with Crippen LogP contribution in [0, 0.1) is 11.8 Å². The summed E-state index contributed by atoms with van der Waals surface area (Å²) in [5.74, 6) is -1.77. The van der Waals surface area contributed by atoms with E-state index in [4.69, 9.17) is 4.42 Å². The molecule has 2 aromatic rings. The lowest BCUT2D eigenvalue weighted by atomic mass is 10.00. The van der Waals surface area contributed by atoms with Gasteiger partial charge >= 0.3 is 0 Å². The van der Waals surface area contributed by atoms with Gasteiger partial charge in [0.2, 0.25) is 23.6 Å². The van der Waals surface area contributed by atoms with Gasteiger partial charge in [0.05, 0.1) is 0 Å². The van der Waals surface area contributed by atoms with Crippen molar-refractivity contribution in [2.45, 2.75) is 71.5 Å². The Morgan fingerprint density at radius 1 is 1.05 bits per heavy atom. The lowest BCUT2D eigenvalue weighted by Crippen LogP contribution is -2.56. The summed E-state index contributed by atoms with van der Waals surface area (Å²) in [5, 5.41) is 11.4. The molecule has 10 nitrogen and oxygen atoms in total. The Labute approximate surface area is 217 Å². The molecule has 3 rings (SSSR count). The number of rotatable bonds is 5. The van der Waals surface area contributed by atoms with Crippen molar-refractivity contribution in [3.8, 4) is 0 Å². The van der Waals surface area contributed by atoms with Gasteiger partial charge in [0, 0.05) is 18.9 Å². The Hall–Kier alpha value is -3.69. The van der Waals surface area contributed by atoms with Crippen LogP contribution in [0.3, 0.4) is 0 Å². The smallest absolute Gasteiger partial charge is 0.273 e. The number of benzene rings is 1. The van der Waals surface area contributed by atoms with E-state index in [0.717, 1.165) is 5.56 Å². The molecule has 0 aliphatic carbocycles. The lowest BCUT2D eigenvalue weighted by molar-refractivity contribution is -0.134. The molecule has 1 aromatic carbocycles. The van der Waals surface area contributed by atoms with Crippen LogP contribution in [0.25, 0.3) is 0 Å². The molecule has 10 heteroatoms. The van der Waals surface area contributed by atoms with Crippen molar-refractivity contribution < 1.29 is 23.6 Å². The number of hydrogen-bond acceptors (Lipinski definition) is 6. The minimum absolute atomic E-state index is 0.130. The van der Waals surface area contributed by atoms with Gasteiger partial charge in [-0.2, -0.15) is 0 Å². The van der Waals surface area contributed by atoms with Crippen molar-refractivity contribution in [3.05, 3.63) is 53.7 Å². The van der Waals surface area contributed by atoms with Gasteiger partial charge in [-0.15, -0.1) is 0 Å². The number of nitrogens with zero attached hydrogens (tertiary/aromatic N) is 1. The summed E-state index contributed by atoms with van der Waals surface area (Å²) in [6.45, 7) is 7.56. The van der Waals surface area contributed by atoms with Crippen LogP contribution >= 0.6 is 0 Å². The van der Waals surface area contributed by atoms with Crippen molar-refractivity contribution in [1.82, 2.24) is 26.3 Å². The van der Waals surface area contributed by atoms with Gasteiger partial charge in [-0.3, -0.25) is 19.2 Å². The maximum atomic E-state index is 13.5. The van der Waals surface area contributed by atoms with Crippen LogP contribution in [0.2, 0.25) is 0 Å². The summed E-state index contributed by atoms with van der Waals surface area (Å²) < 4.78 is 5.62. The molecule has 1 aromatic heterocycles. The van der Waals surface area contributed by atoms with E-state index >= 15 is 0 Å². The third-order valence-corrected chi connectivity index (χ3v) is 6.26. The first kappa shape index (κ1) is 27.9. The van der Waals surface area contributed by atoms with Crippen molar-refractivity contribution >= 4 is 23.6 Å². The Morgan fingerprint density at radius 3 is 2.46 bits per heavy atom. The number of aromatic nitrogens is 1. The van der Waals surface area contributed by atoms with Crippen LogP contribution in [0.5, 0.6) is 0 Å². The van der Waals surface area contributed by atoms with Crippen molar-refractivity contribution in [2.75, 3.05) is 6.54 Å². The molecule has 200 valence electrons. The van der Waals surface area contributed by atoms with Crippen molar-refractivity contribution in [3.63, 3.8) is 0 Å². The quantitative estimate of drug-likeness (QED) is 0.485. The van der Waals surface area contributed by atoms with E-state index in [1.807, 2.05) is 44.2 Å². The maximum absolute atomic E-state index is 13.5. The second-order valence-electron chi connectivity index (χ2n) is 10.0. The third-order valence-electron chi connectivity index (χ3n) is 6.26. The molecule has 0 radical (unpaired) electrons. The normalized spacial score (nSPS) is 21.8. The minimum Gasteiger partial charge on any atom is -0.446 e. The van der Waals surface area contributed by atoms with E-state index in [0.29, 0.717) is 32.2 Å². The number of carbonyl (C=O) groups excluding carboxylic acids is 4. The number of carbonyl (C=O) groups is 4. The van der Waals surface area contributed by atoms with Gasteiger partial charge in [0.25, 0.3) is 5.91 Å². The fourth-order valence-electron chi connectivity index (χ4n) is 4.03. The van der Waals surface area contributed by atoms with Crippen molar-refractivity contribution in [1.29, 1.82) is 0 Å². The Balaban J connectivity index is 1.91. The first-order valence-corrected chi connectivity index (χ1v) is 12.8. The maximum Gasteiger partial charge on any atom is 0.273 e. The van der Waals surface area contributed by atoms with Crippen LogP contribution < -0.4 is 21.3 Å². The van der Waals surface area contributed by atoms with Gasteiger partial charge in [-0.25, -0.2) is 4.98 Å². The molecular weight excluding hydrogens is 474 g/mol. The molecule has 2 bridgehead atoms. The number of fused-ring (bicyclic) bond motifs is 2. The fourth-order valence-corrected chi connectivity index (χ4v) is 4.03. The van der Waals surface area contributed by atoms with Crippen LogP contribution in [-0.2, 0) is 20.8 Å². The first-order chi connectivity index (χ1) is 17.7. The molecular formula is C27H37N5O5. The molecule has 0 saturated carbocycles. The zero-order valence-electron chi connectivity index (χ0n) is 21.9. The molecule has 4 amide bonds. The highest BCUT2D eigenvalue weighted by Gasteiger charge is 2.32. The monoisotopic (exact) mass is 511 g/mol. The summed E-state index contributed by atoms with van der Waals surface area (Å²) in [6.07, 6.45) is 3.21. The Morgan fingerprint density at radius 2 is 1.78 bits per heavy atom. The topological polar surface area (TPSA) is 142 Å². The van der Waals surface area contributed by atoms with Crippen LogP contribution in [0.15, 0.2) is 41.0 Å². The van der Waals surface area contributed by atoms with E-state index < -0.39 is 29.9 Å². The Bertz CT molecular complexity index is 1080. The molecule has 4 N–H and O–H groups in total. The second-order valence-corrected chi connectivity index (χ2v) is 10.0. The first-order valence-electron chi connectivity index (χ1n) is 12.8. The van der Waals surface area contributed by atoms with Gasteiger partial charge in [-0.05, 0) is 30.7 Å². The zero-order valence-corrected chi connectivity index (χ0v) is 21.9. The minimum atomic E-state index is -0.852. The highest BCUT2D eigenvalue weighted by molar-refractivity contribution is 5.93. The molecule has 3 atom stereocenters. The summed E-state index contributed by atoms with van der Waals surface area (Å²) in [6, 6.07) is 7.21. The van der Waals surface area contributed by atoms with E-state index in [1.165, 1.54) is 6.26 Å². The molecule has 37 heavy (non-hydrogen) atoms. The summed E-state index contributed by atoms with van der Waals surface area (Å²) in [4.78, 5) is 56.0. The molecule has 0 unspecified atom stereocenters. The number of oxazole rings is 1. The van der Waals surface area contributed by atoms with E-state index in [9.17, 15) is 19.2 Å². The third kappa shape index (κ3) is 7.90. The molecule has 2 heterocycles. The standard InChI is InChI=1S/C27H37N5O5/c1-16(2)22-26(36)30-20(14-18-10-6-5-7-11-18)27-31-21(15-37-27)24(34)28-13-9-8-12-19(25(35)32-22)29-23(33)17(3)4/h5-7,10-11,15-17,19-20,22H,8-9,12-14H2,1-4H3,(H,28,34)(H,29,33)(H,30,36)(H,32,35)/t19-,20+,22-/m0/s1. The average Bonchev–Trinajstić information content (AvgIpc) is 3.36. The number of nitrogens with one attached hydrogen (secondary N) is 4. The average molecular weight is 512 g/mol. The predicted octanol–water partition coefficient (Wildman–Crippen LogP) is 2.27. The summed E-state index contributed by atoms with van der Waals surface area (Å²) in [7, 11) is 0. The summed E-state index contributed by atoms with van der Waals surface area (Å²) >= 11 is 0. The lowest BCUT2D eigenvalue weighted by Gasteiger charge is -2.27. The number of amides is 4. The molecule has 0 spiro atoms. The van der Waals surface area contributed by atoms with Gasteiger partial charge in [-0.1, -0.05) is 58.0 Å². The molecule has 1 aliphatic rings. The van der Waals surface area contributed by atoms with Gasteiger partial charge in [0.15, 0.2) is 5.69 Å². The van der Waals surface area contributed by atoms with Gasteiger partial charge < -0.3 is 25.7 Å². The van der Waals surface area contributed by atoms with Gasteiger partial charge in [0.1, 0.15) is 24.4 Å². The summed E-state index contributed by atoms with van der Waals surface area (Å²) in [5.41, 5.74) is 1.07. The fraction of sp³-hybridized carbons (Fsp3) is 0.519. The van der Waals surface area contributed by atoms with Crippen LogP contribution in [0.1, 0.15) is 74.9 Å². The van der Waals surface area contributed by atoms with Crippen LogP contribution in [-0.4, -0.2) is 47.2 Å². The van der Waals surface area contributed by atoms with E-state index in [2.05, 4.69) is 26.3 Å². The zero-order chi connectivity index (χ0) is 26.9. The van der Waals surface area contributed by atoms with E-state index in [-0.39, 0.29) is 35.2 Å². The van der Waals surface area contributed by atoms with Crippen LogP contribution in [0.4, 0.5) is 0 Å². The highest BCUT2D eigenvalue weighted by atomic mass is 16.3. The van der Waals surface area contributed by atoms with E-state index in [1.54, 1.807) is 13.8 Å². The number of hydrogen-bond donors (Lipinski definition) is 4. The SMILES string of the molecule is CC(C)C(=O)N[C@H]1CCCCNC(=O)c2coc(n2)[C@@H](Cc2ccccc2)NC(=O)[C@H](C(C)C)NC1=O.